The maximum absolute atomic E-state index is 5.36. The largest absolute Gasteiger partial charge is 0.481 e. The summed E-state index contributed by atoms with van der Waals surface area (Å²) in [7, 11) is 1.56. The summed E-state index contributed by atoms with van der Waals surface area (Å²) in [5, 5.41) is 0. The van der Waals surface area contributed by atoms with E-state index in [1.807, 2.05) is 6.07 Å². The number of aromatic nitrogens is 1. The van der Waals surface area contributed by atoms with E-state index in [1.165, 1.54) is 0 Å². The number of nitrogens with two attached hydrogens (primary N) is 2. The Morgan fingerprint density at radius 2 is 2.50 bits per heavy atom. The van der Waals surface area contributed by atoms with Gasteiger partial charge in [0.15, 0.2) is 0 Å². The van der Waals surface area contributed by atoms with Gasteiger partial charge in [-0.1, -0.05) is 6.07 Å². The lowest BCUT2D eigenvalue weighted by molar-refractivity contribution is 0.392. The molecule has 1 rings (SSSR count). The Hall–Kier alpha value is -1.82. The third-order valence-corrected chi connectivity index (χ3v) is 1.61. The molecule has 0 aliphatic heterocycles. The summed E-state index contributed by atoms with van der Waals surface area (Å²) in [5.41, 5.74) is 8.46. The summed E-state index contributed by atoms with van der Waals surface area (Å²) >= 11 is 0. The molecule has 0 spiro atoms. The predicted molar refractivity (Wildman–Crippen MR) is 53.4 cm³/mol. The molecule has 0 aliphatic carbocycles. The van der Waals surface area contributed by atoms with Gasteiger partial charge in [-0.05, 0) is 6.07 Å². The van der Waals surface area contributed by atoms with E-state index >= 15 is 0 Å². The highest BCUT2D eigenvalue weighted by Gasteiger charge is 2.01. The Labute approximate surface area is 82.0 Å². The minimum atomic E-state index is 0.177. The van der Waals surface area contributed by atoms with Crippen LogP contribution in [0.4, 0.5) is 0 Å². The number of nitrogens with zero attached hydrogens (tertiary/aromatic N) is 2. The summed E-state index contributed by atoms with van der Waals surface area (Å²) in [6, 6.07) is 3.67. The van der Waals surface area contributed by atoms with Crippen LogP contribution in [-0.4, -0.2) is 18.1 Å². The molecule has 0 atom stereocenters. The molecule has 0 aliphatic rings. The first-order valence-electron chi connectivity index (χ1n) is 4.02. The topological polar surface area (TPSA) is 98.5 Å². The van der Waals surface area contributed by atoms with E-state index in [0.717, 1.165) is 5.56 Å². The van der Waals surface area contributed by atoms with Gasteiger partial charge in [-0.3, -0.25) is 5.43 Å². The number of hydrazine groups is 1. The zero-order chi connectivity index (χ0) is 10.4. The van der Waals surface area contributed by atoms with E-state index in [4.69, 9.17) is 16.3 Å². The maximum Gasteiger partial charge on any atom is 0.218 e. The highest BCUT2D eigenvalue weighted by atomic mass is 16.5. The number of methoxy groups -OCH3 is 1. The molecule has 1 heterocycles. The molecule has 76 valence electrons. The Bertz CT molecular complexity index is 325. The Morgan fingerprint density at radius 1 is 1.71 bits per heavy atom. The second kappa shape index (κ2) is 5.03. The minimum Gasteiger partial charge on any atom is -0.481 e. The van der Waals surface area contributed by atoms with Gasteiger partial charge in [0.2, 0.25) is 11.8 Å². The first-order valence-corrected chi connectivity index (χ1v) is 4.02. The van der Waals surface area contributed by atoms with Crippen molar-refractivity contribution < 1.29 is 4.74 Å². The van der Waals surface area contributed by atoms with Crippen LogP contribution in [0.25, 0.3) is 0 Å². The van der Waals surface area contributed by atoms with Crippen LogP contribution in [0, 0.1) is 0 Å². The standard InChI is InChI=1S/C8H13N5O/c1-14-7-6(3-2-4-11-7)5-12-8(9)13-10/h2-4H,5,10H2,1H3,(H3,9,12,13). The van der Waals surface area contributed by atoms with Gasteiger partial charge < -0.3 is 10.5 Å². The van der Waals surface area contributed by atoms with Gasteiger partial charge in [-0.15, -0.1) is 0 Å². The van der Waals surface area contributed by atoms with Gasteiger partial charge in [0.05, 0.1) is 13.7 Å². The normalized spacial score (nSPS) is 11.1. The van der Waals surface area contributed by atoms with E-state index < -0.39 is 0 Å². The fourth-order valence-electron chi connectivity index (χ4n) is 0.944. The molecule has 0 unspecified atom stereocenters. The van der Waals surface area contributed by atoms with Crippen molar-refractivity contribution in [1.29, 1.82) is 0 Å². The number of hydrogen-bond acceptors (Lipinski definition) is 4. The first kappa shape index (κ1) is 10.3. The minimum absolute atomic E-state index is 0.177. The SMILES string of the molecule is COc1ncccc1CN=C(N)NN. The first-order chi connectivity index (χ1) is 6.77. The molecular formula is C8H13N5O. The van der Waals surface area contributed by atoms with Crippen LogP contribution >= 0.6 is 0 Å². The van der Waals surface area contributed by atoms with Crippen molar-refractivity contribution in [1.82, 2.24) is 10.4 Å². The van der Waals surface area contributed by atoms with Crippen LogP contribution in [-0.2, 0) is 6.54 Å². The zero-order valence-corrected chi connectivity index (χ0v) is 7.90. The van der Waals surface area contributed by atoms with Crippen molar-refractivity contribution in [2.45, 2.75) is 6.54 Å². The van der Waals surface area contributed by atoms with Crippen molar-refractivity contribution in [3.05, 3.63) is 23.9 Å². The molecule has 6 nitrogen and oxygen atoms in total. The van der Waals surface area contributed by atoms with Gasteiger partial charge in [0.25, 0.3) is 0 Å². The number of aliphatic imine (C=N–C) groups is 1. The number of guanidine groups is 1. The monoisotopic (exact) mass is 195 g/mol. The fourth-order valence-corrected chi connectivity index (χ4v) is 0.944. The van der Waals surface area contributed by atoms with E-state index in [2.05, 4.69) is 15.4 Å². The molecule has 0 saturated heterocycles. The zero-order valence-electron chi connectivity index (χ0n) is 7.90. The smallest absolute Gasteiger partial charge is 0.218 e. The molecule has 0 saturated carbocycles. The summed E-state index contributed by atoms with van der Waals surface area (Å²) in [6.07, 6.45) is 1.65. The van der Waals surface area contributed by atoms with Crippen LogP contribution in [0.3, 0.4) is 0 Å². The summed E-state index contributed by atoms with van der Waals surface area (Å²) in [4.78, 5) is 7.98. The quantitative estimate of drug-likeness (QED) is 0.258. The van der Waals surface area contributed by atoms with E-state index in [0.29, 0.717) is 12.4 Å². The van der Waals surface area contributed by atoms with Crippen LogP contribution in [0.15, 0.2) is 23.3 Å². The van der Waals surface area contributed by atoms with E-state index in [-0.39, 0.29) is 5.96 Å². The third kappa shape index (κ3) is 2.60. The van der Waals surface area contributed by atoms with E-state index in [9.17, 15) is 0 Å². The van der Waals surface area contributed by atoms with Crippen molar-refractivity contribution in [2.75, 3.05) is 7.11 Å². The molecule has 1 aromatic heterocycles. The van der Waals surface area contributed by atoms with E-state index in [1.54, 1.807) is 19.4 Å². The van der Waals surface area contributed by atoms with Crippen molar-refractivity contribution >= 4 is 5.96 Å². The lowest BCUT2D eigenvalue weighted by atomic mass is 10.3. The van der Waals surface area contributed by atoms with Crippen molar-refractivity contribution in [2.24, 2.45) is 16.6 Å². The molecule has 1 aromatic rings. The lowest BCUT2D eigenvalue weighted by Crippen LogP contribution is -2.37. The van der Waals surface area contributed by atoms with Crippen LogP contribution in [0.1, 0.15) is 5.56 Å². The summed E-state index contributed by atoms with van der Waals surface area (Å²) < 4.78 is 5.04. The Morgan fingerprint density at radius 3 is 3.14 bits per heavy atom. The maximum atomic E-state index is 5.36. The second-order valence-electron chi connectivity index (χ2n) is 2.52. The molecular weight excluding hydrogens is 182 g/mol. The summed E-state index contributed by atoms with van der Waals surface area (Å²) in [5.74, 6) is 5.77. The molecule has 0 amide bonds. The van der Waals surface area contributed by atoms with Gasteiger partial charge in [-0.25, -0.2) is 15.8 Å². The van der Waals surface area contributed by atoms with Crippen LogP contribution in [0.5, 0.6) is 5.88 Å². The average molecular weight is 195 g/mol. The summed E-state index contributed by atoms with van der Waals surface area (Å²) in [6.45, 7) is 0.382. The van der Waals surface area contributed by atoms with Crippen molar-refractivity contribution in [3.63, 3.8) is 0 Å². The highest BCUT2D eigenvalue weighted by molar-refractivity contribution is 5.77. The predicted octanol–water partition coefficient (Wildman–Crippen LogP) is -0.632. The van der Waals surface area contributed by atoms with Crippen LogP contribution in [0.2, 0.25) is 0 Å². The Balaban J connectivity index is 2.76. The fraction of sp³-hybridized carbons (Fsp3) is 0.250. The van der Waals surface area contributed by atoms with Gasteiger partial charge in [0, 0.05) is 11.8 Å². The molecule has 6 heteroatoms. The second-order valence-corrected chi connectivity index (χ2v) is 2.52. The number of pyridine rings is 1. The Kier molecular flexibility index (Phi) is 3.69. The van der Waals surface area contributed by atoms with Gasteiger partial charge >= 0.3 is 0 Å². The molecule has 0 bridgehead atoms. The molecule has 0 radical (unpaired) electrons. The number of ether oxygens (including phenoxy) is 1. The van der Waals surface area contributed by atoms with Crippen LogP contribution < -0.4 is 21.7 Å². The van der Waals surface area contributed by atoms with Crippen molar-refractivity contribution in [3.8, 4) is 5.88 Å². The average Bonchev–Trinajstić information content (AvgIpc) is 2.26. The van der Waals surface area contributed by atoms with Gasteiger partial charge in [-0.2, -0.15) is 0 Å². The molecule has 0 aromatic carbocycles. The molecule has 5 N–H and O–H groups in total. The lowest BCUT2D eigenvalue weighted by Gasteiger charge is -2.04. The third-order valence-electron chi connectivity index (χ3n) is 1.61. The number of rotatable bonds is 3. The molecule has 0 fully saturated rings. The number of hydrogen-bond donors (Lipinski definition) is 3. The number of nitrogens with one attached hydrogen (secondary N) is 1. The van der Waals surface area contributed by atoms with Gasteiger partial charge in [0.1, 0.15) is 0 Å². The molecule has 14 heavy (non-hydrogen) atoms. The highest BCUT2D eigenvalue weighted by Crippen LogP contribution is 2.13.